The molecule has 1 N–H and O–H groups in total. The first-order valence-corrected chi connectivity index (χ1v) is 12.1. The van der Waals surface area contributed by atoms with Crippen LogP contribution in [0.3, 0.4) is 0 Å². The van der Waals surface area contributed by atoms with Crippen molar-refractivity contribution in [3.8, 4) is 0 Å². The number of hydrogen-bond donors (Lipinski definition) is 1. The minimum absolute atomic E-state index is 0.0895. The number of thioether (sulfide) groups is 6. The van der Waals surface area contributed by atoms with Crippen LogP contribution in [0, 0.1) is 0 Å². The predicted octanol–water partition coefficient (Wildman–Crippen LogP) is 4.20. The number of nitrogens with one attached hydrogen (secondary N) is 1. The van der Waals surface area contributed by atoms with Gasteiger partial charge in [-0.2, -0.15) is 0 Å². The van der Waals surface area contributed by atoms with Crippen molar-refractivity contribution in [2.24, 2.45) is 0 Å². The monoisotopic (exact) mass is 423 g/mol. The molecule has 0 aromatic heterocycles. The third kappa shape index (κ3) is 4.66. The summed E-state index contributed by atoms with van der Waals surface area (Å²) in [7, 11) is 0. The van der Waals surface area contributed by atoms with Gasteiger partial charge in [0, 0.05) is 11.5 Å². The normalized spacial score (nSPS) is 20.5. The average molecular weight is 424 g/mol. The Bertz CT molecular complexity index is 607. The van der Waals surface area contributed by atoms with Crippen molar-refractivity contribution in [2.45, 2.75) is 6.92 Å². The van der Waals surface area contributed by atoms with E-state index in [1.54, 1.807) is 18.7 Å². The summed E-state index contributed by atoms with van der Waals surface area (Å²) in [6, 6.07) is 0. The molecule has 0 radical (unpaired) electrons. The van der Waals surface area contributed by atoms with Crippen LogP contribution in [-0.2, 0) is 14.3 Å². The molecule has 124 valence electrons. The highest BCUT2D eigenvalue weighted by molar-refractivity contribution is 8.43. The fourth-order valence-electron chi connectivity index (χ4n) is 1.70. The van der Waals surface area contributed by atoms with Gasteiger partial charge in [0.15, 0.2) is 0 Å². The van der Waals surface area contributed by atoms with E-state index in [-0.39, 0.29) is 12.5 Å². The molecule has 0 fully saturated rings. The number of ether oxygens (including phenoxy) is 1. The molecule has 0 aromatic rings. The van der Waals surface area contributed by atoms with E-state index >= 15 is 0 Å². The molecular weight excluding hydrogens is 411 g/mol. The minimum atomic E-state index is -0.413. The summed E-state index contributed by atoms with van der Waals surface area (Å²) in [6.07, 6.45) is 0. The van der Waals surface area contributed by atoms with Crippen LogP contribution in [0.1, 0.15) is 6.92 Å². The first-order valence-electron chi connectivity index (χ1n) is 6.75. The lowest BCUT2D eigenvalue weighted by Gasteiger charge is -2.08. The Kier molecular flexibility index (Phi) is 6.73. The summed E-state index contributed by atoms with van der Waals surface area (Å²) >= 11 is 10.5. The van der Waals surface area contributed by atoms with E-state index in [0.717, 1.165) is 4.24 Å². The zero-order valence-corrected chi connectivity index (χ0v) is 17.0. The average Bonchev–Trinajstić information content (AvgIpc) is 3.19. The van der Waals surface area contributed by atoms with Crippen LogP contribution in [0.4, 0.5) is 0 Å². The summed E-state index contributed by atoms with van der Waals surface area (Å²) in [6.45, 7) is 1.97. The first-order chi connectivity index (χ1) is 11.2. The van der Waals surface area contributed by atoms with Crippen molar-refractivity contribution in [3.63, 3.8) is 0 Å². The van der Waals surface area contributed by atoms with E-state index < -0.39 is 5.97 Å². The Morgan fingerprint density at radius 3 is 2.43 bits per heavy atom. The van der Waals surface area contributed by atoms with Crippen LogP contribution in [-0.4, -0.2) is 36.5 Å². The molecular formula is C13H13NO3S6. The van der Waals surface area contributed by atoms with Crippen molar-refractivity contribution >= 4 is 82.4 Å². The molecule has 3 heterocycles. The molecule has 0 atom stereocenters. The summed E-state index contributed by atoms with van der Waals surface area (Å²) in [5, 5.41) is 4.45. The second kappa shape index (κ2) is 8.57. The van der Waals surface area contributed by atoms with Gasteiger partial charge < -0.3 is 10.1 Å². The fourth-order valence-corrected chi connectivity index (χ4v) is 10.1. The summed E-state index contributed by atoms with van der Waals surface area (Å²) < 4.78 is 10.0. The van der Waals surface area contributed by atoms with Crippen molar-refractivity contribution in [2.75, 3.05) is 24.7 Å². The maximum Gasteiger partial charge on any atom is 0.325 e. The van der Waals surface area contributed by atoms with Crippen LogP contribution in [0.15, 0.2) is 27.3 Å². The molecule has 3 aliphatic rings. The van der Waals surface area contributed by atoms with Gasteiger partial charge in [0.1, 0.15) is 6.54 Å². The van der Waals surface area contributed by atoms with Crippen molar-refractivity contribution < 1.29 is 14.3 Å². The van der Waals surface area contributed by atoms with E-state index in [9.17, 15) is 9.59 Å². The van der Waals surface area contributed by atoms with Gasteiger partial charge in [0.25, 0.3) is 5.91 Å². The Balaban J connectivity index is 1.53. The van der Waals surface area contributed by atoms with E-state index in [1.807, 2.05) is 52.5 Å². The van der Waals surface area contributed by atoms with Crippen LogP contribution < -0.4 is 5.32 Å². The largest absolute Gasteiger partial charge is 0.465 e. The quantitative estimate of drug-likeness (QED) is 0.670. The topological polar surface area (TPSA) is 55.4 Å². The molecule has 0 aliphatic carbocycles. The maximum atomic E-state index is 12.1. The zero-order valence-electron chi connectivity index (χ0n) is 12.1. The number of hydrogen-bond acceptors (Lipinski definition) is 9. The molecule has 0 saturated heterocycles. The van der Waals surface area contributed by atoms with Gasteiger partial charge in [-0.05, 0) is 12.3 Å². The summed E-state index contributed by atoms with van der Waals surface area (Å²) in [4.78, 5) is 24.0. The second-order valence-corrected chi connectivity index (χ2v) is 11.5. The molecule has 0 unspecified atom stereocenters. The molecule has 3 rings (SSSR count). The molecule has 0 spiro atoms. The lowest BCUT2D eigenvalue weighted by atomic mass is 10.5. The highest BCUT2D eigenvalue weighted by Crippen LogP contribution is 2.63. The minimum Gasteiger partial charge on any atom is -0.465 e. The van der Waals surface area contributed by atoms with E-state index in [0.29, 0.717) is 11.5 Å². The number of rotatable bonds is 4. The molecule has 0 aromatic carbocycles. The van der Waals surface area contributed by atoms with E-state index in [4.69, 9.17) is 4.74 Å². The highest BCUT2D eigenvalue weighted by atomic mass is 32.3. The van der Waals surface area contributed by atoms with E-state index in [2.05, 4.69) is 5.32 Å². The standard InChI is InChI=1S/C13H13NO3S6/c1-2-17-8(15)5-14-9(16)7-6-20-12(21-7)13-22-10-11(23-13)19-4-3-18-10/h6H,2-5H2,1H3,(H,14,16). The third-order valence-corrected chi connectivity index (χ3v) is 11.3. The highest BCUT2D eigenvalue weighted by Gasteiger charge is 2.30. The van der Waals surface area contributed by atoms with Crippen molar-refractivity contribution in [1.82, 2.24) is 5.32 Å². The number of amides is 1. The van der Waals surface area contributed by atoms with Crippen molar-refractivity contribution in [1.29, 1.82) is 0 Å². The predicted molar refractivity (Wildman–Crippen MR) is 107 cm³/mol. The van der Waals surface area contributed by atoms with Gasteiger partial charge in [0.2, 0.25) is 0 Å². The number of esters is 1. The lowest BCUT2D eigenvalue weighted by molar-refractivity contribution is -0.143. The van der Waals surface area contributed by atoms with Gasteiger partial charge in [-0.1, -0.05) is 47.0 Å². The SMILES string of the molecule is CCOC(=O)CNC(=O)C1=CSC(=C2SC3=C(SCCS3)S2)S1. The Morgan fingerprint density at radius 2 is 1.78 bits per heavy atom. The van der Waals surface area contributed by atoms with Crippen LogP contribution >= 0.6 is 70.6 Å². The van der Waals surface area contributed by atoms with Crippen LogP contribution in [0.25, 0.3) is 0 Å². The number of carbonyl (C=O) groups is 2. The molecule has 0 saturated carbocycles. The molecule has 23 heavy (non-hydrogen) atoms. The van der Waals surface area contributed by atoms with Crippen LogP contribution in [0.2, 0.25) is 0 Å². The Hall–Kier alpha value is 0.260. The summed E-state index contributed by atoms with van der Waals surface area (Å²) in [5.41, 5.74) is 0. The van der Waals surface area contributed by atoms with Crippen LogP contribution in [0.5, 0.6) is 0 Å². The van der Waals surface area contributed by atoms with Gasteiger partial charge in [-0.3, -0.25) is 9.59 Å². The molecule has 10 heteroatoms. The van der Waals surface area contributed by atoms with Gasteiger partial charge in [-0.15, -0.1) is 23.5 Å². The summed E-state index contributed by atoms with van der Waals surface area (Å²) in [5.74, 6) is 1.70. The van der Waals surface area contributed by atoms with E-state index in [1.165, 1.54) is 36.0 Å². The molecule has 1 amide bonds. The zero-order chi connectivity index (χ0) is 16.2. The molecule has 3 aliphatic heterocycles. The van der Waals surface area contributed by atoms with Gasteiger partial charge in [0.05, 0.1) is 28.5 Å². The fraction of sp³-hybridized carbons (Fsp3) is 0.385. The lowest BCUT2D eigenvalue weighted by Crippen LogP contribution is -2.30. The molecule has 4 nitrogen and oxygen atoms in total. The smallest absolute Gasteiger partial charge is 0.325 e. The molecule has 0 bridgehead atoms. The Labute approximate surface area is 160 Å². The first kappa shape index (κ1) is 18.1. The Morgan fingerprint density at radius 1 is 1.09 bits per heavy atom. The van der Waals surface area contributed by atoms with Gasteiger partial charge in [-0.25, -0.2) is 0 Å². The second-order valence-electron chi connectivity index (χ2n) is 4.24. The number of carbonyl (C=O) groups excluding carboxylic acids is 2. The van der Waals surface area contributed by atoms with Gasteiger partial charge >= 0.3 is 5.97 Å². The van der Waals surface area contributed by atoms with Crippen molar-refractivity contribution in [3.05, 3.63) is 27.3 Å². The maximum absolute atomic E-state index is 12.1. The third-order valence-electron chi connectivity index (χ3n) is 2.65.